The molecule has 1 rings (SSSR count). The minimum absolute atomic E-state index is 0.743. The van der Waals surface area contributed by atoms with Gasteiger partial charge in [-0.15, -0.1) is 0 Å². The van der Waals surface area contributed by atoms with Gasteiger partial charge in [-0.25, -0.2) is 0 Å². The first-order valence-electron chi connectivity index (χ1n) is 7.71. The van der Waals surface area contributed by atoms with E-state index in [1.165, 1.54) is 52.2 Å². The van der Waals surface area contributed by atoms with Crippen molar-refractivity contribution in [1.82, 2.24) is 14.7 Å². The van der Waals surface area contributed by atoms with E-state index in [-0.39, 0.29) is 0 Å². The number of piperazine rings is 1. The first-order valence-corrected chi connectivity index (χ1v) is 7.71. The molecule has 108 valence electrons. The Kier molecular flexibility index (Phi) is 7.20. The van der Waals surface area contributed by atoms with E-state index in [1.807, 2.05) is 0 Å². The maximum Gasteiger partial charge on any atom is 0.0221 e. The largest absolute Gasteiger partial charge is 0.305 e. The van der Waals surface area contributed by atoms with Gasteiger partial charge in [0.2, 0.25) is 0 Å². The molecule has 0 N–H and O–H groups in total. The Morgan fingerprint density at radius 1 is 1.00 bits per heavy atom. The lowest BCUT2D eigenvalue weighted by Crippen LogP contribution is -2.52. The van der Waals surface area contributed by atoms with Gasteiger partial charge in [0.05, 0.1) is 0 Å². The van der Waals surface area contributed by atoms with E-state index in [1.54, 1.807) is 0 Å². The van der Waals surface area contributed by atoms with E-state index in [4.69, 9.17) is 0 Å². The summed E-state index contributed by atoms with van der Waals surface area (Å²) in [6, 6.07) is 0.743. The van der Waals surface area contributed by atoms with Crippen LogP contribution in [0.3, 0.4) is 0 Å². The maximum absolute atomic E-state index is 2.70. The topological polar surface area (TPSA) is 9.72 Å². The summed E-state index contributed by atoms with van der Waals surface area (Å²) >= 11 is 0. The molecule has 0 aromatic rings. The van der Waals surface area contributed by atoms with Crippen molar-refractivity contribution < 1.29 is 0 Å². The molecule has 3 nitrogen and oxygen atoms in total. The molecule has 1 aliphatic heterocycles. The number of nitrogens with zero attached hydrogens (tertiary/aromatic N) is 3. The molecular weight excluding hydrogens is 222 g/mol. The van der Waals surface area contributed by atoms with E-state index < -0.39 is 0 Å². The van der Waals surface area contributed by atoms with Crippen LogP contribution in [0.15, 0.2) is 0 Å². The molecule has 0 aliphatic carbocycles. The highest BCUT2D eigenvalue weighted by Gasteiger charge is 2.22. The Morgan fingerprint density at radius 3 is 2.06 bits per heavy atom. The third-order valence-corrected chi connectivity index (χ3v) is 4.04. The van der Waals surface area contributed by atoms with Crippen molar-refractivity contribution in [3.05, 3.63) is 0 Å². The predicted molar refractivity (Wildman–Crippen MR) is 80.1 cm³/mol. The zero-order valence-electron chi connectivity index (χ0n) is 13.2. The quantitative estimate of drug-likeness (QED) is 0.689. The van der Waals surface area contributed by atoms with Crippen LogP contribution in [0.4, 0.5) is 0 Å². The molecule has 0 bridgehead atoms. The van der Waals surface area contributed by atoms with Gasteiger partial charge < -0.3 is 9.80 Å². The van der Waals surface area contributed by atoms with E-state index in [2.05, 4.69) is 49.4 Å². The Bertz CT molecular complexity index is 210. The molecule has 1 saturated heterocycles. The van der Waals surface area contributed by atoms with Crippen LogP contribution in [0.25, 0.3) is 0 Å². The number of likely N-dealkylation sites (N-methyl/N-ethyl adjacent to an activating group) is 2. The number of hydrogen-bond donors (Lipinski definition) is 0. The first kappa shape index (κ1) is 15.9. The van der Waals surface area contributed by atoms with Crippen LogP contribution < -0.4 is 0 Å². The Morgan fingerprint density at radius 2 is 1.61 bits per heavy atom. The zero-order valence-corrected chi connectivity index (χ0v) is 13.2. The summed E-state index contributed by atoms with van der Waals surface area (Å²) in [4.78, 5) is 7.76. The van der Waals surface area contributed by atoms with E-state index in [0.29, 0.717) is 0 Å². The van der Waals surface area contributed by atoms with Gasteiger partial charge in [0.15, 0.2) is 0 Å². The van der Waals surface area contributed by atoms with Gasteiger partial charge in [-0.2, -0.15) is 0 Å². The van der Waals surface area contributed by atoms with Gasteiger partial charge in [-0.3, -0.25) is 4.90 Å². The molecule has 0 aromatic carbocycles. The third kappa shape index (κ3) is 5.25. The average Bonchev–Trinajstić information content (AvgIpc) is 2.35. The van der Waals surface area contributed by atoms with E-state index in [9.17, 15) is 0 Å². The molecule has 1 unspecified atom stereocenters. The monoisotopic (exact) mass is 255 g/mol. The summed E-state index contributed by atoms with van der Waals surface area (Å²) in [6.07, 6.45) is 1.27. The zero-order chi connectivity index (χ0) is 13.5. The minimum Gasteiger partial charge on any atom is -0.305 e. The van der Waals surface area contributed by atoms with Crippen LogP contribution in [-0.4, -0.2) is 73.6 Å². The molecule has 3 heteroatoms. The molecule has 0 radical (unpaired) electrons. The minimum atomic E-state index is 0.743. The smallest absolute Gasteiger partial charge is 0.0221 e. The maximum atomic E-state index is 2.70. The van der Waals surface area contributed by atoms with Crippen molar-refractivity contribution in [2.24, 2.45) is 5.92 Å². The highest BCUT2D eigenvalue weighted by Crippen LogP contribution is 2.11. The van der Waals surface area contributed by atoms with Crippen molar-refractivity contribution in [3.63, 3.8) is 0 Å². The Balaban J connectivity index is 2.37. The van der Waals surface area contributed by atoms with Gasteiger partial charge in [-0.1, -0.05) is 27.7 Å². The lowest BCUT2D eigenvalue weighted by molar-refractivity contribution is 0.0783. The van der Waals surface area contributed by atoms with Crippen LogP contribution in [-0.2, 0) is 0 Å². The fourth-order valence-corrected chi connectivity index (χ4v) is 3.01. The van der Waals surface area contributed by atoms with Gasteiger partial charge in [0.25, 0.3) is 0 Å². The van der Waals surface area contributed by atoms with Gasteiger partial charge >= 0.3 is 0 Å². The van der Waals surface area contributed by atoms with Crippen molar-refractivity contribution in [1.29, 1.82) is 0 Å². The second-order valence-corrected chi connectivity index (χ2v) is 6.15. The summed E-state index contributed by atoms with van der Waals surface area (Å²) in [7, 11) is 2.27. The van der Waals surface area contributed by atoms with Crippen molar-refractivity contribution in [2.45, 2.75) is 40.2 Å². The van der Waals surface area contributed by atoms with Crippen LogP contribution >= 0.6 is 0 Å². The lowest BCUT2D eigenvalue weighted by Gasteiger charge is -2.40. The molecule has 0 spiro atoms. The summed E-state index contributed by atoms with van der Waals surface area (Å²) in [5.74, 6) is 0.768. The van der Waals surface area contributed by atoms with Crippen LogP contribution in [0, 0.1) is 5.92 Å². The molecule has 0 aromatic heterocycles. The van der Waals surface area contributed by atoms with Crippen LogP contribution in [0.1, 0.15) is 34.1 Å². The lowest BCUT2D eigenvalue weighted by atomic mass is 10.1. The Hall–Kier alpha value is -0.120. The van der Waals surface area contributed by atoms with Crippen LogP contribution in [0.5, 0.6) is 0 Å². The van der Waals surface area contributed by atoms with Crippen LogP contribution in [0.2, 0.25) is 0 Å². The average molecular weight is 255 g/mol. The second-order valence-electron chi connectivity index (χ2n) is 6.15. The summed E-state index contributed by atoms with van der Waals surface area (Å²) in [5.41, 5.74) is 0. The van der Waals surface area contributed by atoms with Gasteiger partial charge in [0.1, 0.15) is 0 Å². The summed E-state index contributed by atoms with van der Waals surface area (Å²) < 4.78 is 0. The summed E-state index contributed by atoms with van der Waals surface area (Å²) in [6.45, 7) is 17.9. The van der Waals surface area contributed by atoms with Crippen molar-refractivity contribution in [2.75, 3.05) is 52.9 Å². The summed E-state index contributed by atoms with van der Waals surface area (Å²) in [5, 5.41) is 0. The Labute approximate surface area is 114 Å². The van der Waals surface area contributed by atoms with Crippen molar-refractivity contribution >= 4 is 0 Å². The van der Waals surface area contributed by atoms with Crippen molar-refractivity contribution in [3.8, 4) is 0 Å². The molecule has 0 amide bonds. The van der Waals surface area contributed by atoms with E-state index in [0.717, 1.165) is 12.0 Å². The molecule has 1 fully saturated rings. The molecule has 1 atom stereocenters. The molecule has 1 aliphatic rings. The SMILES string of the molecule is CCC(CN(C)CC(C)C)N1CCN(CC)CC1. The number of hydrogen-bond acceptors (Lipinski definition) is 3. The number of rotatable bonds is 7. The highest BCUT2D eigenvalue weighted by atomic mass is 15.3. The molecule has 0 saturated carbocycles. The van der Waals surface area contributed by atoms with Gasteiger partial charge in [-0.05, 0) is 25.9 Å². The predicted octanol–water partition coefficient (Wildman–Crippen LogP) is 1.99. The fourth-order valence-electron chi connectivity index (χ4n) is 3.01. The second kappa shape index (κ2) is 8.13. The molecular formula is C15H33N3. The normalized spacial score (nSPS) is 20.8. The first-order chi connectivity index (χ1) is 8.56. The molecule has 18 heavy (non-hydrogen) atoms. The fraction of sp³-hybridized carbons (Fsp3) is 1.00. The highest BCUT2D eigenvalue weighted by molar-refractivity contribution is 4.79. The standard InChI is InChI=1S/C15H33N3/c1-6-15(13-16(5)12-14(3)4)18-10-8-17(7-2)9-11-18/h14-15H,6-13H2,1-5H3. The third-order valence-electron chi connectivity index (χ3n) is 4.04. The molecule has 1 heterocycles. The van der Waals surface area contributed by atoms with Gasteiger partial charge in [0, 0.05) is 45.3 Å². The van der Waals surface area contributed by atoms with E-state index >= 15 is 0 Å².